The smallest absolute Gasteiger partial charge is 0.434 e. The molecule has 0 amide bonds. The molecule has 4 heteroatoms. The fourth-order valence-corrected chi connectivity index (χ4v) is 1.95. The molecule has 0 aliphatic heterocycles. The summed E-state index contributed by atoms with van der Waals surface area (Å²) in [5.74, 6) is 0. The van der Waals surface area contributed by atoms with Crippen molar-refractivity contribution in [2.75, 3.05) is 18.5 Å². The maximum atomic E-state index is 11.2. The predicted molar refractivity (Wildman–Crippen MR) is 82.8 cm³/mol. The van der Waals surface area contributed by atoms with Crippen LogP contribution in [-0.2, 0) is 9.47 Å². The molecule has 0 saturated carbocycles. The molecule has 0 aromatic heterocycles. The van der Waals surface area contributed by atoms with Gasteiger partial charge in [0, 0.05) is 5.33 Å². The van der Waals surface area contributed by atoms with Crippen molar-refractivity contribution in [2.24, 2.45) is 0 Å². The first kappa shape index (κ1) is 18.5. The van der Waals surface area contributed by atoms with Crippen molar-refractivity contribution in [1.29, 1.82) is 0 Å². The number of halogens is 1. The molecule has 0 saturated heterocycles. The summed E-state index contributed by atoms with van der Waals surface area (Å²) in [6, 6.07) is 0. The third-order valence-electron chi connectivity index (χ3n) is 2.64. The minimum Gasteiger partial charge on any atom is -0.434 e. The Morgan fingerprint density at radius 1 is 0.947 bits per heavy atom. The quantitative estimate of drug-likeness (QED) is 0.212. The number of hydrogen-bond acceptors (Lipinski definition) is 3. The number of carbonyl (C=O) groups excluding carboxylic acids is 1. The van der Waals surface area contributed by atoms with E-state index >= 15 is 0 Å². The van der Waals surface area contributed by atoms with E-state index in [9.17, 15) is 4.79 Å². The summed E-state index contributed by atoms with van der Waals surface area (Å²) in [6.45, 7) is 3.07. The minimum atomic E-state index is -0.523. The van der Waals surface area contributed by atoms with Crippen molar-refractivity contribution in [1.82, 2.24) is 0 Å². The molecule has 19 heavy (non-hydrogen) atoms. The van der Waals surface area contributed by atoms with E-state index in [0.717, 1.165) is 56.7 Å². The lowest BCUT2D eigenvalue weighted by Gasteiger charge is -2.05. The zero-order valence-electron chi connectivity index (χ0n) is 12.0. The molecule has 0 bridgehead atoms. The summed E-state index contributed by atoms with van der Waals surface area (Å²) in [7, 11) is 0. The molecular formula is C15H27BrO3. The Balaban J connectivity index is 3.18. The van der Waals surface area contributed by atoms with Gasteiger partial charge in [-0.15, -0.1) is 0 Å². The van der Waals surface area contributed by atoms with Crippen LogP contribution in [0.4, 0.5) is 4.79 Å². The predicted octanol–water partition coefficient (Wildman–Crippen LogP) is 5.23. The standard InChI is InChI=1S/C15H27BrO3/c1-2-3-4-5-6-7-10-13-18-15(17)19-14-11-8-9-12-16/h3-4H,2,5-14H2,1H3. The van der Waals surface area contributed by atoms with Gasteiger partial charge in [-0.3, -0.25) is 0 Å². The van der Waals surface area contributed by atoms with E-state index in [2.05, 4.69) is 35.0 Å². The Bertz CT molecular complexity index is 229. The fourth-order valence-electron chi connectivity index (χ4n) is 1.55. The third-order valence-corrected chi connectivity index (χ3v) is 3.20. The molecule has 0 aromatic carbocycles. The van der Waals surface area contributed by atoms with Gasteiger partial charge in [0.2, 0.25) is 0 Å². The van der Waals surface area contributed by atoms with Crippen LogP contribution < -0.4 is 0 Å². The molecular weight excluding hydrogens is 308 g/mol. The molecule has 0 radical (unpaired) electrons. The maximum absolute atomic E-state index is 11.2. The van der Waals surface area contributed by atoms with Gasteiger partial charge in [0.15, 0.2) is 0 Å². The van der Waals surface area contributed by atoms with Crippen LogP contribution >= 0.6 is 15.9 Å². The highest BCUT2D eigenvalue weighted by molar-refractivity contribution is 9.09. The van der Waals surface area contributed by atoms with Crippen LogP contribution in [0.5, 0.6) is 0 Å². The summed E-state index contributed by atoms with van der Waals surface area (Å²) >= 11 is 3.36. The zero-order chi connectivity index (χ0) is 14.2. The van der Waals surface area contributed by atoms with Crippen molar-refractivity contribution in [3.8, 4) is 0 Å². The lowest BCUT2D eigenvalue weighted by atomic mass is 10.2. The fraction of sp³-hybridized carbons (Fsp3) is 0.800. The molecule has 3 nitrogen and oxygen atoms in total. The van der Waals surface area contributed by atoms with Crippen molar-refractivity contribution in [3.63, 3.8) is 0 Å². The number of rotatable bonds is 12. The molecule has 0 unspecified atom stereocenters. The molecule has 112 valence electrons. The van der Waals surface area contributed by atoms with E-state index < -0.39 is 6.16 Å². The van der Waals surface area contributed by atoms with Crippen LogP contribution in [0.15, 0.2) is 12.2 Å². The molecule has 0 rings (SSSR count). The maximum Gasteiger partial charge on any atom is 0.508 e. The third kappa shape index (κ3) is 15.4. The Hall–Kier alpha value is -0.510. The Labute approximate surface area is 125 Å². The van der Waals surface area contributed by atoms with Gasteiger partial charge in [-0.2, -0.15) is 0 Å². The number of unbranched alkanes of at least 4 members (excludes halogenated alkanes) is 5. The highest BCUT2D eigenvalue weighted by atomic mass is 79.9. The molecule has 0 fully saturated rings. The van der Waals surface area contributed by atoms with E-state index in [0.29, 0.717) is 13.2 Å². The summed E-state index contributed by atoms with van der Waals surface area (Å²) < 4.78 is 9.95. The molecule has 0 atom stereocenters. The van der Waals surface area contributed by atoms with E-state index in [1.54, 1.807) is 0 Å². The molecule has 0 heterocycles. The van der Waals surface area contributed by atoms with Crippen LogP contribution in [-0.4, -0.2) is 24.7 Å². The summed E-state index contributed by atoms with van der Waals surface area (Å²) in [5, 5.41) is 1.00. The van der Waals surface area contributed by atoms with Crippen LogP contribution in [0, 0.1) is 0 Å². The average Bonchev–Trinajstić information content (AvgIpc) is 2.41. The van der Waals surface area contributed by atoms with E-state index in [4.69, 9.17) is 9.47 Å². The van der Waals surface area contributed by atoms with Gasteiger partial charge in [0.25, 0.3) is 0 Å². The average molecular weight is 335 g/mol. The summed E-state index contributed by atoms with van der Waals surface area (Å²) in [6.07, 6.45) is 12.3. The first-order chi connectivity index (χ1) is 9.31. The molecule has 0 aliphatic carbocycles. The van der Waals surface area contributed by atoms with E-state index in [-0.39, 0.29) is 0 Å². The second-order valence-electron chi connectivity index (χ2n) is 4.43. The van der Waals surface area contributed by atoms with Crippen LogP contribution in [0.25, 0.3) is 0 Å². The number of ether oxygens (including phenoxy) is 2. The molecule has 0 spiro atoms. The number of allylic oxidation sites excluding steroid dienone is 2. The molecule has 0 N–H and O–H groups in total. The Morgan fingerprint density at radius 2 is 1.58 bits per heavy atom. The van der Waals surface area contributed by atoms with Gasteiger partial charge in [-0.1, -0.05) is 35.0 Å². The van der Waals surface area contributed by atoms with Gasteiger partial charge >= 0.3 is 6.16 Å². The first-order valence-electron chi connectivity index (χ1n) is 7.31. The highest BCUT2D eigenvalue weighted by Gasteiger charge is 2.02. The zero-order valence-corrected chi connectivity index (χ0v) is 13.6. The van der Waals surface area contributed by atoms with Crippen LogP contribution in [0.3, 0.4) is 0 Å². The van der Waals surface area contributed by atoms with Crippen LogP contribution in [0.2, 0.25) is 0 Å². The largest absolute Gasteiger partial charge is 0.508 e. The normalized spacial score (nSPS) is 10.8. The molecule has 0 aromatic rings. The highest BCUT2D eigenvalue weighted by Crippen LogP contribution is 2.03. The summed E-state index contributed by atoms with van der Waals surface area (Å²) in [4.78, 5) is 11.2. The SMILES string of the molecule is CCC=CCCCCCOC(=O)OCCCCCBr. The molecule has 0 aliphatic rings. The van der Waals surface area contributed by atoms with Gasteiger partial charge in [-0.25, -0.2) is 4.79 Å². The van der Waals surface area contributed by atoms with Gasteiger partial charge < -0.3 is 9.47 Å². The Morgan fingerprint density at radius 3 is 2.16 bits per heavy atom. The summed E-state index contributed by atoms with van der Waals surface area (Å²) in [5.41, 5.74) is 0. The lowest BCUT2D eigenvalue weighted by Crippen LogP contribution is -2.09. The Kier molecular flexibility index (Phi) is 15.1. The van der Waals surface area contributed by atoms with Crippen molar-refractivity contribution < 1.29 is 14.3 Å². The van der Waals surface area contributed by atoms with Gasteiger partial charge in [0.1, 0.15) is 0 Å². The van der Waals surface area contributed by atoms with E-state index in [1.807, 2.05) is 0 Å². The number of alkyl halides is 1. The monoisotopic (exact) mass is 334 g/mol. The second kappa shape index (κ2) is 15.5. The number of carbonyl (C=O) groups is 1. The van der Waals surface area contributed by atoms with Crippen molar-refractivity contribution >= 4 is 22.1 Å². The number of hydrogen-bond donors (Lipinski definition) is 0. The van der Waals surface area contributed by atoms with Gasteiger partial charge in [0.05, 0.1) is 13.2 Å². The van der Waals surface area contributed by atoms with Crippen LogP contribution in [0.1, 0.15) is 58.3 Å². The van der Waals surface area contributed by atoms with Crippen molar-refractivity contribution in [3.05, 3.63) is 12.2 Å². The second-order valence-corrected chi connectivity index (χ2v) is 5.22. The lowest BCUT2D eigenvalue weighted by molar-refractivity contribution is 0.0530. The van der Waals surface area contributed by atoms with Gasteiger partial charge in [-0.05, 0) is 51.4 Å². The van der Waals surface area contributed by atoms with E-state index in [1.165, 1.54) is 0 Å². The van der Waals surface area contributed by atoms with Crippen molar-refractivity contribution in [2.45, 2.75) is 58.3 Å². The minimum absolute atomic E-state index is 0.466. The first-order valence-corrected chi connectivity index (χ1v) is 8.44. The topological polar surface area (TPSA) is 35.5 Å².